The third kappa shape index (κ3) is 4.49. The Labute approximate surface area is 92.0 Å². The Morgan fingerprint density at radius 2 is 2.20 bits per heavy atom. The SMILES string of the molecule is CCCC(C)(O)CNC1CCS(=O)(=O)C1. The van der Waals surface area contributed by atoms with Gasteiger partial charge in [-0.15, -0.1) is 0 Å². The predicted molar refractivity (Wildman–Crippen MR) is 60.6 cm³/mol. The van der Waals surface area contributed by atoms with Crippen LogP contribution in [-0.4, -0.2) is 43.2 Å². The number of aliphatic hydroxyl groups is 1. The van der Waals surface area contributed by atoms with Crippen LogP contribution in [-0.2, 0) is 9.84 Å². The van der Waals surface area contributed by atoms with Gasteiger partial charge in [-0.1, -0.05) is 13.3 Å². The van der Waals surface area contributed by atoms with Crippen LogP contribution in [0.2, 0.25) is 0 Å². The summed E-state index contributed by atoms with van der Waals surface area (Å²) < 4.78 is 22.4. The molecule has 0 bridgehead atoms. The lowest BCUT2D eigenvalue weighted by atomic mass is 10.0. The van der Waals surface area contributed by atoms with Crippen LogP contribution in [0.25, 0.3) is 0 Å². The van der Waals surface area contributed by atoms with E-state index in [1.807, 2.05) is 6.92 Å². The predicted octanol–water partition coefficient (Wildman–Crippen LogP) is 0.314. The fourth-order valence-corrected chi connectivity index (χ4v) is 3.66. The third-order valence-corrected chi connectivity index (χ3v) is 4.56. The molecular weight excluding hydrogens is 214 g/mol. The van der Waals surface area contributed by atoms with E-state index in [0.717, 1.165) is 12.8 Å². The zero-order chi connectivity index (χ0) is 11.5. The van der Waals surface area contributed by atoms with Gasteiger partial charge in [-0.25, -0.2) is 8.42 Å². The average molecular weight is 235 g/mol. The molecule has 0 spiro atoms. The van der Waals surface area contributed by atoms with E-state index in [-0.39, 0.29) is 17.5 Å². The summed E-state index contributed by atoms with van der Waals surface area (Å²) in [5, 5.41) is 13.0. The number of hydrogen-bond acceptors (Lipinski definition) is 4. The van der Waals surface area contributed by atoms with Crippen LogP contribution in [0.15, 0.2) is 0 Å². The molecule has 4 nitrogen and oxygen atoms in total. The van der Waals surface area contributed by atoms with Gasteiger partial charge in [0, 0.05) is 12.6 Å². The smallest absolute Gasteiger partial charge is 0.151 e. The largest absolute Gasteiger partial charge is 0.389 e. The first-order valence-corrected chi connectivity index (χ1v) is 7.33. The first-order valence-electron chi connectivity index (χ1n) is 5.51. The number of nitrogens with one attached hydrogen (secondary N) is 1. The molecule has 0 amide bonds. The van der Waals surface area contributed by atoms with Gasteiger partial charge >= 0.3 is 0 Å². The number of rotatable bonds is 5. The molecule has 0 radical (unpaired) electrons. The Kier molecular flexibility index (Phi) is 4.14. The Balaban J connectivity index is 2.32. The molecular formula is C10H21NO3S. The molecule has 1 heterocycles. The molecule has 2 N–H and O–H groups in total. The molecule has 1 rings (SSSR count). The maximum absolute atomic E-state index is 11.2. The summed E-state index contributed by atoms with van der Waals surface area (Å²) in [6.07, 6.45) is 2.33. The van der Waals surface area contributed by atoms with Gasteiger partial charge in [0.1, 0.15) is 0 Å². The second-order valence-electron chi connectivity index (χ2n) is 4.73. The van der Waals surface area contributed by atoms with Crippen molar-refractivity contribution in [1.82, 2.24) is 5.32 Å². The van der Waals surface area contributed by atoms with Gasteiger partial charge in [-0.2, -0.15) is 0 Å². The minimum atomic E-state index is -2.82. The normalized spacial score (nSPS) is 28.9. The molecule has 1 aliphatic rings. The Morgan fingerprint density at radius 1 is 1.53 bits per heavy atom. The summed E-state index contributed by atoms with van der Waals surface area (Å²) in [6, 6.07) is 0.0262. The Hall–Kier alpha value is -0.130. The van der Waals surface area contributed by atoms with Crippen molar-refractivity contribution in [3.8, 4) is 0 Å². The van der Waals surface area contributed by atoms with E-state index in [1.54, 1.807) is 6.92 Å². The minimum Gasteiger partial charge on any atom is -0.389 e. The van der Waals surface area contributed by atoms with Crippen molar-refractivity contribution in [2.24, 2.45) is 0 Å². The number of sulfone groups is 1. The highest BCUT2D eigenvalue weighted by molar-refractivity contribution is 7.91. The Bertz CT molecular complexity index is 298. The molecule has 0 aromatic heterocycles. The van der Waals surface area contributed by atoms with Crippen molar-refractivity contribution in [3.63, 3.8) is 0 Å². The molecule has 5 heteroatoms. The topological polar surface area (TPSA) is 66.4 Å². The van der Waals surface area contributed by atoms with Gasteiger partial charge in [0.2, 0.25) is 0 Å². The second-order valence-corrected chi connectivity index (χ2v) is 6.96. The van der Waals surface area contributed by atoms with E-state index in [1.165, 1.54) is 0 Å². The average Bonchev–Trinajstić information content (AvgIpc) is 2.42. The summed E-state index contributed by atoms with van der Waals surface area (Å²) in [7, 11) is -2.82. The first kappa shape index (κ1) is 12.9. The standard InChI is InChI=1S/C10H21NO3S/c1-3-5-10(2,12)8-11-9-4-6-15(13,14)7-9/h9,11-12H,3-8H2,1-2H3. The van der Waals surface area contributed by atoms with Crippen molar-refractivity contribution < 1.29 is 13.5 Å². The molecule has 15 heavy (non-hydrogen) atoms. The van der Waals surface area contributed by atoms with Crippen LogP contribution in [0.1, 0.15) is 33.1 Å². The zero-order valence-corrected chi connectivity index (χ0v) is 10.3. The van der Waals surface area contributed by atoms with E-state index in [9.17, 15) is 13.5 Å². The molecule has 0 aromatic rings. The molecule has 2 unspecified atom stereocenters. The van der Waals surface area contributed by atoms with Crippen LogP contribution >= 0.6 is 0 Å². The molecule has 90 valence electrons. The highest BCUT2D eigenvalue weighted by atomic mass is 32.2. The quantitative estimate of drug-likeness (QED) is 0.720. The van der Waals surface area contributed by atoms with E-state index in [4.69, 9.17) is 0 Å². The lowest BCUT2D eigenvalue weighted by Gasteiger charge is -2.24. The van der Waals surface area contributed by atoms with E-state index >= 15 is 0 Å². The molecule has 1 aliphatic heterocycles. The maximum Gasteiger partial charge on any atom is 0.151 e. The minimum absolute atomic E-state index is 0.0262. The van der Waals surface area contributed by atoms with Crippen molar-refractivity contribution in [1.29, 1.82) is 0 Å². The zero-order valence-electron chi connectivity index (χ0n) is 9.49. The highest BCUT2D eigenvalue weighted by Crippen LogP contribution is 2.14. The summed E-state index contributed by atoms with van der Waals surface area (Å²) in [4.78, 5) is 0. The molecule has 0 saturated carbocycles. The third-order valence-electron chi connectivity index (χ3n) is 2.79. The van der Waals surface area contributed by atoms with E-state index < -0.39 is 15.4 Å². The van der Waals surface area contributed by atoms with Crippen molar-refractivity contribution in [2.45, 2.75) is 44.8 Å². The molecule has 2 atom stereocenters. The lowest BCUT2D eigenvalue weighted by molar-refractivity contribution is 0.0479. The summed E-state index contributed by atoms with van der Waals surface area (Å²) in [5.74, 6) is 0.496. The van der Waals surface area contributed by atoms with Crippen LogP contribution in [0.3, 0.4) is 0 Å². The molecule has 1 fully saturated rings. The van der Waals surface area contributed by atoms with Gasteiger partial charge in [-0.3, -0.25) is 0 Å². The summed E-state index contributed by atoms with van der Waals surface area (Å²) in [5.41, 5.74) is -0.721. The van der Waals surface area contributed by atoms with Gasteiger partial charge < -0.3 is 10.4 Å². The van der Waals surface area contributed by atoms with Crippen LogP contribution < -0.4 is 5.32 Å². The van der Waals surface area contributed by atoms with Gasteiger partial charge in [0.05, 0.1) is 17.1 Å². The molecule has 1 saturated heterocycles. The molecule has 0 aromatic carbocycles. The van der Waals surface area contributed by atoms with Crippen LogP contribution in [0, 0.1) is 0 Å². The lowest BCUT2D eigenvalue weighted by Crippen LogP contribution is -2.42. The van der Waals surface area contributed by atoms with Gasteiger partial charge in [0.25, 0.3) is 0 Å². The first-order chi connectivity index (χ1) is 6.85. The fraction of sp³-hybridized carbons (Fsp3) is 1.00. The maximum atomic E-state index is 11.2. The van der Waals surface area contributed by atoms with Crippen molar-refractivity contribution in [3.05, 3.63) is 0 Å². The molecule has 0 aliphatic carbocycles. The van der Waals surface area contributed by atoms with Crippen molar-refractivity contribution >= 4 is 9.84 Å². The number of hydrogen-bond donors (Lipinski definition) is 2. The monoisotopic (exact) mass is 235 g/mol. The van der Waals surface area contributed by atoms with Gasteiger partial charge in [-0.05, 0) is 19.8 Å². The van der Waals surface area contributed by atoms with Crippen LogP contribution in [0.5, 0.6) is 0 Å². The van der Waals surface area contributed by atoms with Crippen LogP contribution in [0.4, 0.5) is 0 Å². The van der Waals surface area contributed by atoms with Gasteiger partial charge in [0.15, 0.2) is 9.84 Å². The van der Waals surface area contributed by atoms with E-state index in [2.05, 4.69) is 5.32 Å². The Morgan fingerprint density at radius 3 is 2.67 bits per heavy atom. The van der Waals surface area contributed by atoms with Crippen molar-refractivity contribution in [2.75, 3.05) is 18.1 Å². The summed E-state index contributed by atoms with van der Waals surface area (Å²) >= 11 is 0. The highest BCUT2D eigenvalue weighted by Gasteiger charge is 2.29. The van der Waals surface area contributed by atoms with E-state index in [0.29, 0.717) is 13.0 Å². The fourth-order valence-electron chi connectivity index (χ4n) is 1.95. The summed E-state index contributed by atoms with van der Waals surface area (Å²) in [6.45, 7) is 4.28. The second kappa shape index (κ2) is 4.80.